The normalized spacial score (nSPS) is 20.5. The Morgan fingerprint density at radius 1 is 1.32 bits per heavy atom. The first-order valence-corrected chi connectivity index (χ1v) is 8.11. The van der Waals surface area contributed by atoms with E-state index >= 15 is 0 Å². The molecule has 0 spiro atoms. The summed E-state index contributed by atoms with van der Waals surface area (Å²) in [6.45, 7) is 7.26. The fourth-order valence-electron chi connectivity index (χ4n) is 3.11. The summed E-state index contributed by atoms with van der Waals surface area (Å²) in [7, 11) is 1.99. The number of rotatable bonds is 3. The third-order valence-electron chi connectivity index (χ3n) is 4.05. The molecule has 1 saturated heterocycles. The standard InChI is InChI=1S/C18H28N2O2/c1-18(2,3)22-17(21)20-12-8-11-15(13-20)16(19-4)14-9-6-5-7-10-14/h5-7,9-10,15-16,19H,8,11-13H2,1-4H3/t15-,16+/m0/s1. The zero-order valence-corrected chi connectivity index (χ0v) is 14.1. The number of piperidine rings is 1. The van der Waals surface area contributed by atoms with Crippen molar-refractivity contribution in [1.82, 2.24) is 10.2 Å². The van der Waals surface area contributed by atoms with Crippen LogP contribution in [0.3, 0.4) is 0 Å². The van der Waals surface area contributed by atoms with Gasteiger partial charge in [0.15, 0.2) is 0 Å². The van der Waals surface area contributed by atoms with Gasteiger partial charge < -0.3 is 15.0 Å². The minimum Gasteiger partial charge on any atom is -0.444 e. The van der Waals surface area contributed by atoms with Gasteiger partial charge in [0.25, 0.3) is 0 Å². The van der Waals surface area contributed by atoms with Gasteiger partial charge in [-0.25, -0.2) is 4.79 Å². The number of nitrogens with zero attached hydrogens (tertiary/aromatic N) is 1. The van der Waals surface area contributed by atoms with Gasteiger partial charge in [-0.2, -0.15) is 0 Å². The Balaban J connectivity index is 2.04. The van der Waals surface area contributed by atoms with Gasteiger partial charge in [-0.15, -0.1) is 0 Å². The summed E-state index contributed by atoms with van der Waals surface area (Å²) < 4.78 is 5.51. The molecule has 0 radical (unpaired) electrons. The monoisotopic (exact) mass is 304 g/mol. The summed E-state index contributed by atoms with van der Waals surface area (Å²) in [6.07, 6.45) is 1.95. The number of hydrogen-bond donors (Lipinski definition) is 1. The van der Waals surface area contributed by atoms with Gasteiger partial charge >= 0.3 is 6.09 Å². The molecule has 0 aromatic heterocycles. The molecule has 0 bridgehead atoms. The highest BCUT2D eigenvalue weighted by molar-refractivity contribution is 5.68. The molecule has 2 rings (SSSR count). The summed E-state index contributed by atoms with van der Waals surface area (Å²) in [5.74, 6) is 0.411. The second-order valence-electron chi connectivity index (χ2n) is 7.01. The number of carbonyl (C=O) groups excluding carboxylic acids is 1. The molecule has 22 heavy (non-hydrogen) atoms. The minimum absolute atomic E-state index is 0.194. The third kappa shape index (κ3) is 4.47. The smallest absolute Gasteiger partial charge is 0.410 e. The van der Waals surface area contributed by atoms with E-state index in [1.807, 2.05) is 38.8 Å². The molecule has 0 saturated carbocycles. The maximum Gasteiger partial charge on any atom is 0.410 e. The van der Waals surface area contributed by atoms with E-state index in [-0.39, 0.29) is 12.1 Å². The number of amides is 1. The van der Waals surface area contributed by atoms with Crippen LogP contribution in [-0.2, 0) is 4.74 Å². The first kappa shape index (κ1) is 16.8. The molecule has 0 aliphatic carbocycles. The van der Waals surface area contributed by atoms with Crippen LogP contribution < -0.4 is 5.32 Å². The van der Waals surface area contributed by atoms with Crippen LogP contribution in [0.5, 0.6) is 0 Å². The lowest BCUT2D eigenvalue weighted by molar-refractivity contribution is 0.0145. The van der Waals surface area contributed by atoms with Crippen molar-refractivity contribution in [3.8, 4) is 0 Å². The maximum absolute atomic E-state index is 12.3. The molecule has 1 fully saturated rings. The molecule has 1 amide bonds. The highest BCUT2D eigenvalue weighted by atomic mass is 16.6. The van der Waals surface area contributed by atoms with Gasteiger partial charge in [0.2, 0.25) is 0 Å². The molecule has 1 aromatic carbocycles. The van der Waals surface area contributed by atoms with Crippen molar-refractivity contribution in [2.24, 2.45) is 5.92 Å². The van der Waals surface area contributed by atoms with E-state index in [1.54, 1.807) is 0 Å². The first-order valence-electron chi connectivity index (χ1n) is 8.11. The third-order valence-corrected chi connectivity index (χ3v) is 4.05. The van der Waals surface area contributed by atoms with Gasteiger partial charge in [-0.05, 0) is 52.1 Å². The van der Waals surface area contributed by atoms with Gasteiger partial charge in [-0.1, -0.05) is 30.3 Å². The predicted molar refractivity (Wildman–Crippen MR) is 88.8 cm³/mol. The summed E-state index contributed by atoms with van der Waals surface area (Å²) in [5.41, 5.74) is 0.840. The molecule has 4 heteroatoms. The number of likely N-dealkylation sites (tertiary alicyclic amines) is 1. The van der Waals surface area contributed by atoms with Crippen LogP contribution in [0.1, 0.15) is 45.2 Å². The van der Waals surface area contributed by atoms with Crippen LogP contribution in [0, 0.1) is 5.92 Å². The molecule has 122 valence electrons. The number of carbonyl (C=O) groups is 1. The predicted octanol–water partition coefficient (Wildman–Crippen LogP) is 3.59. The van der Waals surface area contributed by atoms with Crippen LogP contribution >= 0.6 is 0 Å². The second-order valence-corrected chi connectivity index (χ2v) is 7.01. The van der Waals surface area contributed by atoms with Crippen molar-refractivity contribution in [2.45, 2.75) is 45.3 Å². The molecular weight excluding hydrogens is 276 g/mol. The molecule has 1 aliphatic rings. The summed E-state index contributed by atoms with van der Waals surface area (Å²) in [4.78, 5) is 14.1. The Hall–Kier alpha value is -1.55. The van der Waals surface area contributed by atoms with E-state index in [4.69, 9.17) is 4.74 Å². The molecule has 1 N–H and O–H groups in total. The van der Waals surface area contributed by atoms with E-state index in [1.165, 1.54) is 5.56 Å². The van der Waals surface area contributed by atoms with E-state index < -0.39 is 5.60 Å². The summed E-state index contributed by atoms with van der Waals surface area (Å²) >= 11 is 0. The fourth-order valence-corrected chi connectivity index (χ4v) is 3.11. The molecule has 1 aromatic rings. The zero-order chi connectivity index (χ0) is 16.2. The van der Waals surface area contributed by atoms with Crippen molar-refractivity contribution in [3.63, 3.8) is 0 Å². The topological polar surface area (TPSA) is 41.6 Å². The van der Waals surface area contributed by atoms with Crippen molar-refractivity contribution < 1.29 is 9.53 Å². The van der Waals surface area contributed by atoms with Gasteiger partial charge in [-0.3, -0.25) is 0 Å². The first-order chi connectivity index (χ1) is 10.4. The van der Waals surface area contributed by atoms with E-state index in [2.05, 4.69) is 29.6 Å². The van der Waals surface area contributed by atoms with Gasteiger partial charge in [0.1, 0.15) is 5.60 Å². The van der Waals surface area contributed by atoms with Crippen molar-refractivity contribution in [2.75, 3.05) is 20.1 Å². The van der Waals surface area contributed by atoms with Crippen LogP contribution in [-0.4, -0.2) is 36.7 Å². The van der Waals surface area contributed by atoms with Crippen molar-refractivity contribution >= 4 is 6.09 Å². The number of benzene rings is 1. The van der Waals surface area contributed by atoms with Crippen molar-refractivity contribution in [3.05, 3.63) is 35.9 Å². The second kappa shape index (κ2) is 7.14. The van der Waals surface area contributed by atoms with Crippen LogP contribution in [0.25, 0.3) is 0 Å². The quantitative estimate of drug-likeness (QED) is 0.928. The Labute approximate surface area is 133 Å². The van der Waals surface area contributed by atoms with Crippen LogP contribution in [0.4, 0.5) is 4.79 Å². The van der Waals surface area contributed by atoms with Gasteiger partial charge in [0.05, 0.1) is 0 Å². The van der Waals surface area contributed by atoms with E-state index in [0.717, 1.165) is 25.9 Å². The highest BCUT2D eigenvalue weighted by Crippen LogP contribution is 2.30. The lowest BCUT2D eigenvalue weighted by atomic mass is 9.86. The van der Waals surface area contributed by atoms with Crippen LogP contribution in [0.15, 0.2) is 30.3 Å². The number of nitrogens with one attached hydrogen (secondary N) is 1. The largest absolute Gasteiger partial charge is 0.444 e. The average Bonchev–Trinajstić information content (AvgIpc) is 2.48. The summed E-state index contributed by atoms with van der Waals surface area (Å²) in [6, 6.07) is 10.7. The molecule has 1 aliphatic heterocycles. The van der Waals surface area contributed by atoms with Crippen molar-refractivity contribution in [1.29, 1.82) is 0 Å². The number of ether oxygens (including phenoxy) is 1. The fraction of sp³-hybridized carbons (Fsp3) is 0.611. The highest BCUT2D eigenvalue weighted by Gasteiger charge is 2.31. The maximum atomic E-state index is 12.3. The average molecular weight is 304 g/mol. The van der Waals surface area contributed by atoms with E-state index in [9.17, 15) is 4.79 Å². The number of hydrogen-bond acceptors (Lipinski definition) is 3. The lowest BCUT2D eigenvalue weighted by Gasteiger charge is -2.37. The molecule has 2 atom stereocenters. The molecular formula is C18H28N2O2. The molecule has 1 heterocycles. The zero-order valence-electron chi connectivity index (χ0n) is 14.1. The Kier molecular flexibility index (Phi) is 5.46. The Morgan fingerprint density at radius 3 is 2.59 bits per heavy atom. The van der Waals surface area contributed by atoms with E-state index in [0.29, 0.717) is 5.92 Å². The Bertz CT molecular complexity index is 482. The molecule has 0 unspecified atom stereocenters. The SMILES string of the molecule is CN[C@H](c1ccccc1)[C@H]1CCCN(C(=O)OC(C)(C)C)C1. The minimum atomic E-state index is -0.439. The molecule has 4 nitrogen and oxygen atoms in total. The lowest BCUT2D eigenvalue weighted by Crippen LogP contribution is -2.45. The summed E-state index contributed by atoms with van der Waals surface area (Å²) in [5, 5.41) is 3.42. The van der Waals surface area contributed by atoms with Gasteiger partial charge in [0, 0.05) is 19.1 Å². The Morgan fingerprint density at radius 2 is 2.00 bits per heavy atom. The van der Waals surface area contributed by atoms with Crippen LogP contribution in [0.2, 0.25) is 0 Å².